The molecule has 2 heterocycles. The summed E-state index contributed by atoms with van der Waals surface area (Å²) in [5, 5.41) is 16.9. The van der Waals surface area contributed by atoms with Crippen LogP contribution >= 0.6 is 0 Å². The highest BCUT2D eigenvalue weighted by atomic mass is 16.4. The maximum absolute atomic E-state index is 10.5. The van der Waals surface area contributed by atoms with Crippen molar-refractivity contribution in [2.45, 2.75) is 13.5 Å². The number of aliphatic carboxylic acids is 1. The molecule has 6 nitrogen and oxygen atoms in total. The van der Waals surface area contributed by atoms with Crippen LogP contribution in [0, 0.1) is 6.92 Å². The molecule has 0 aliphatic carbocycles. The molecule has 1 N–H and O–H groups in total. The number of carboxylic acids is 1. The molecule has 0 atom stereocenters. The molecular weight excluding hydrogens is 184 g/mol. The molecule has 6 heteroatoms. The van der Waals surface area contributed by atoms with Crippen LogP contribution in [0.15, 0.2) is 6.20 Å². The van der Waals surface area contributed by atoms with Gasteiger partial charge in [-0.25, -0.2) is 0 Å². The average Bonchev–Trinajstić information content (AvgIpc) is 2.55. The zero-order valence-corrected chi connectivity index (χ0v) is 7.93. The number of carbonyl (C=O) groups is 1. The van der Waals surface area contributed by atoms with Gasteiger partial charge in [-0.3, -0.25) is 14.2 Å². The highest BCUT2D eigenvalue weighted by Crippen LogP contribution is 2.14. The predicted molar refractivity (Wildman–Crippen MR) is 48.9 cm³/mol. The molecule has 14 heavy (non-hydrogen) atoms. The van der Waals surface area contributed by atoms with Gasteiger partial charge in [-0.1, -0.05) is 0 Å². The number of nitrogens with zero attached hydrogens (tertiary/aromatic N) is 4. The second-order valence-electron chi connectivity index (χ2n) is 3.16. The van der Waals surface area contributed by atoms with Gasteiger partial charge in [-0.2, -0.15) is 10.2 Å². The van der Waals surface area contributed by atoms with Gasteiger partial charge in [0.05, 0.1) is 11.9 Å². The van der Waals surface area contributed by atoms with Crippen LogP contribution in [0.2, 0.25) is 0 Å². The van der Waals surface area contributed by atoms with Crippen LogP contribution in [-0.4, -0.2) is 30.6 Å². The first kappa shape index (κ1) is 8.74. The zero-order valence-electron chi connectivity index (χ0n) is 7.93. The van der Waals surface area contributed by atoms with Crippen molar-refractivity contribution in [3.63, 3.8) is 0 Å². The molecule has 0 saturated heterocycles. The van der Waals surface area contributed by atoms with E-state index in [2.05, 4.69) is 10.2 Å². The second kappa shape index (κ2) is 2.83. The van der Waals surface area contributed by atoms with Gasteiger partial charge in [-0.05, 0) is 6.92 Å². The Morgan fingerprint density at radius 3 is 2.86 bits per heavy atom. The third-order valence-electron chi connectivity index (χ3n) is 2.03. The molecule has 0 unspecified atom stereocenters. The molecule has 2 rings (SSSR count). The van der Waals surface area contributed by atoms with E-state index in [0.717, 1.165) is 16.7 Å². The third kappa shape index (κ3) is 1.24. The molecule has 0 aliphatic heterocycles. The van der Waals surface area contributed by atoms with Crippen LogP contribution in [0.25, 0.3) is 11.0 Å². The van der Waals surface area contributed by atoms with Gasteiger partial charge in [0.25, 0.3) is 0 Å². The number of hydrogen-bond acceptors (Lipinski definition) is 3. The standard InChI is InChI=1S/C8H10N4O2/c1-5-8-6(11(2)9-5)3-12(10-8)4-7(13)14/h3H,4H2,1-2H3,(H,13,14). The summed E-state index contributed by atoms with van der Waals surface area (Å²) in [4.78, 5) is 10.5. The normalized spacial score (nSPS) is 11.0. The number of rotatable bonds is 2. The summed E-state index contributed by atoms with van der Waals surface area (Å²) < 4.78 is 3.09. The van der Waals surface area contributed by atoms with Crippen molar-refractivity contribution in [1.82, 2.24) is 19.6 Å². The Balaban J connectivity index is 2.51. The Kier molecular flexibility index (Phi) is 1.77. The predicted octanol–water partition coefficient (Wildman–Crippen LogP) is 0.163. The summed E-state index contributed by atoms with van der Waals surface area (Å²) in [7, 11) is 1.81. The van der Waals surface area contributed by atoms with Gasteiger partial charge >= 0.3 is 5.97 Å². The molecule has 0 radical (unpaired) electrons. The molecule has 0 bridgehead atoms. The van der Waals surface area contributed by atoms with Gasteiger partial charge in [-0.15, -0.1) is 0 Å². The van der Waals surface area contributed by atoms with Crippen molar-refractivity contribution in [2.24, 2.45) is 7.05 Å². The Morgan fingerprint density at radius 2 is 2.29 bits per heavy atom. The topological polar surface area (TPSA) is 72.9 Å². The van der Waals surface area contributed by atoms with E-state index < -0.39 is 5.97 Å². The number of hydrogen-bond donors (Lipinski definition) is 1. The van der Waals surface area contributed by atoms with Gasteiger partial charge in [0, 0.05) is 7.05 Å². The molecule has 0 aromatic carbocycles. The van der Waals surface area contributed by atoms with E-state index in [1.54, 1.807) is 10.9 Å². The summed E-state index contributed by atoms with van der Waals surface area (Å²) in [5.41, 5.74) is 2.42. The fourth-order valence-corrected chi connectivity index (χ4v) is 1.45. The lowest BCUT2D eigenvalue weighted by Crippen LogP contribution is -2.09. The highest BCUT2D eigenvalue weighted by molar-refractivity contribution is 5.77. The van der Waals surface area contributed by atoms with E-state index in [-0.39, 0.29) is 6.54 Å². The van der Waals surface area contributed by atoms with Crippen LogP contribution in [0.1, 0.15) is 5.69 Å². The van der Waals surface area contributed by atoms with Crippen LogP contribution in [0.5, 0.6) is 0 Å². The minimum Gasteiger partial charge on any atom is -0.480 e. The van der Waals surface area contributed by atoms with Gasteiger partial charge in [0.2, 0.25) is 0 Å². The molecular formula is C8H10N4O2. The van der Waals surface area contributed by atoms with Crippen molar-refractivity contribution in [1.29, 1.82) is 0 Å². The van der Waals surface area contributed by atoms with Gasteiger partial charge in [0.1, 0.15) is 17.6 Å². The zero-order chi connectivity index (χ0) is 10.3. The minimum atomic E-state index is -0.900. The van der Waals surface area contributed by atoms with Gasteiger partial charge in [0.15, 0.2) is 0 Å². The molecule has 2 aromatic rings. The van der Waals surface area contributed by atoms with Gasteiger partial charge < -0.3 is 5.11 Å². The van der Waals surface area contributed by atoms with E-state index in [1.807, 2.05) is 14.0 Å². The Bertz CT molecular complexity index is 462. The first-order chi connectivity index (χ1) is 6.58. The number of fused-ring (bicyclic) bond motifs is 1. The third-order valence-corrected chi connectivity index (χ3v) is 2.03. The van der Waals surface area contributed by atoms with E-state index in [0.29, 0.717) is 0 Å². The summed E-state index contributed by atoms with van der Waals surface area (Å²) >= 11 is 0. The Labute approximate surface area is 79.7 Å². The van der Waals surface area contributed by atoms with E-state index in [4.69, 9.17) is 5.11 Å². The van der Waals surface area contributed by atoms with Crippen molar-refractivity contribution in [2.75, 3.05) is 0 Å². The molecule has 0 amide bonds. The molecule has 0 spiro atoms. The van der Waals surface area contributed by atoms with Crippen LogP contribution < -0.4 is 0 Å². The van der Waals surface area contributed by atoms with Crippen molar-refractivity contribution >= 4 is 17.0 Å². The summed E-state index contributed by atoms with van der Waals surface area (Å²) in [5.74, 6) is -0.900. The average molecular weight is 194 g/mol. The Hall–Kier alpha value is -1.85. The largest absolute Gasteiger partial charge is 0.480 e. The number of aromatic nitrogens is 4. The first-order valence-electron chi connectivity index (χ1n) is 4.16. The van der Waals surface area contributed by atoms with Crippen molar-refractivity contribution < 1.29 is 9.90 Å². The Morgan fingerprint density at radius 1 is 1.57 bits per heavy atom. The first-order valence-corrected chi connectivity index (χ1v) is 4.16. The van der Waals surface area contributed by atoms with Crippen molar-refractivity contribution in [3.8, 4) is 0 Å². The summed E-state index contributed by atoms with van der Waals surface area (Å²) in [6, 6.07) is 0. The number of aryl methyl sites for hydroxylation is 2. The summed E-state index contributed by atoms with van der Waals surface area (Å²) in [6.07, 6.45) is 1.68. The van der Waals surface area contributed by atoms with Crippen LogP contribution in [-0.2, 0) is 18.4 Å². The van der Waals surface area contributed by atoms with E-state index in [1.165, 1.54) is 4.68 Å². The lowest BCUT2D eigenvalue weighted by Gasteiger charge is -1.94. The van der Waals surface area contributed by atoms with Crippen LogP contribution in [0.4, 0.5) is 0 Å². The van der Waals surface area contributed by atoms with E-state index in [9.17, 15) is 4.79 Å². The molecule has 0 fully saturated rings. The molecule has 0 saturated carbocycles. The molecule has 2 aromatic heterocycles. The minimum absolute atomic E-state index is 0.117. The highest BCUT2D eigenvalue weighted by Gasteiger charge is 2.10. The quantitative estimate of drug-likeness (QED) is 0.739. The second-order valence-corrected chi connectivity index (χ2v) is 3.16. The lowest BCUT2D eigenvalue weighted by molar-refractivity contribution is -0.137. The summed E-state index contributed by atoms with van der Waals surface area (Å²) in [6.45, 7) is 1.73. The smallest absolute Gasteiger partial charge is 0.325 e. The van der Waals surface area contributed by atoms with Crippen molar-refractivity contribution in [3.05, 3.63) is 11.9 Å². The monoisotopic (exact) mass is 194 g/mol. The molecule has 0 aliphatic rings. The maximum atomic E-state index is 10.5. The molecule has 74 valence electrons. The SMILES string of the molecule is Cc1nn(C)c2cn(CC(=O)O)nc12. The van der Waals surface area contributed by atoms with Crippen LogP contribution in [0.3, 0.4) is 0 Å². The maximum Gasteiger partial charge on any atom is 0.325 e. The number of carboxylic acid groups (broad SMARTS) is 1. The lowest BCUT2D eigenvalue weighted by atomic mass is 10.4. The van der Waals surface area contributed by atoms with E-state index >= 15 is 0 Å². The fourth-order valence-electron chi connectivity index (χ4n) is 1.45. The fraction of sp³-hybridized carbons (Fsp3) is 0.375.